The maximum atomic E-state index is 5.16. The third-order valence-electron chi connectivity index (χ3n) is 8.42. The topological polar surface area (TPSA) is 56.0 Å². The Labute approximate surface area is 259 Å². The van der Waals surface area contributed by atoms with Crippen LogP contribution in [0.4, 0.5) is 0 Å². The summed E-state index contributed by atoms with van der Waals surface area (Å²) in [4.78, 5) is 20.1. The van der Waals surface area contributed by atoms with Gasteiger partial charge in [0.25, 0.3) is 0 Å². The fourth-order valence-electron chi connectivity index (χ4n) is 6.23. The molecule has 0 saturated heterocycles. The Bertz CT molecular complexity index is 2530. The van der Waals surface area contributed by atoms with E-state index in [1.165, 1.54) is 0 Å². The monoisotopic (exact) mass is 575 g/mol. The summed E-state index contributed by atoms with van der Waals surface area (Å²) in [6.07, 6.45) is 2.02. The van der Waals surface area contributed by atoms with Crippen LogP contribution >= 0.6 is 0 Å². The lowest BCUT2D eigenvalue weighted by Gasteiger charge is -2.11. The van der Waals surface area contributed by atoms with Gasteiger partial charge in [0.1, 0.15) is 11.2 Å². The van der Waals surface area contributed by atoms with E-state index < -0.39 is 0 Å². The molecule has 5 heteroatoms. The fraction of sp³-hybridized carbons (Fsp3) is 0. The molecule has 9 aromatic rings. The Balaban J connectivity index is 1.13. The molecule has 0 bridgehead atoms. The number of hydrogen-bond acceptors (Lipinski definition) is 4. The largest absolute Gasteiger partial charge is 0.284 e. The van der Waals surface area contributed by atoms with Gasteiger partial charge in [-0.1, -0.05) is 121 Å². The molecule has 210 valence electrons. The molecule has 0 amide bonds. The molecule has 0 radical (unpaired) electrons. The average Bonchev–Trinajstić information content (AvgIpc) is 3.50. The van der Waals surface area contributed by atoms with Gasteiger partial charge < -0.3 is 0 Å². The summed E-state index contributed by atoms with van der Waals surface area (Å²) in [5.74, 6) is 0.711. The van der Waals surface area contributed by atoms with E-state index in [9.17, 15) is 0 Å². The van der Waals surface area contributed by atoms with E-state index in [0.717, 1.165) is 77.7 Å². The summed E-state index contributed by atoms with van der Waals surface area (Å²) in [7, 11) is 0. The van der Waals surface area contributed by atoms with E-state index in [0.29, 0.717) is 5.82 Å². The minimum absolute atomic E-state index is 0.711. The highest BCUT2D eigenvalue weighted by molar-refractivity contribution is 6.09. The van der Waals surface area contributed by atoms with Crippen LogP contribution in [-0.4, -0.2) is 24.3 Å². The highest BCUT2D eigenvalue weighted by Crippen LogP contribution is 2.35. The highest BCUT2D eigenvalue weighted by atomic mass is 15.1. The number of nitrogens with zero attached hydrogens (tertiary/aromatic N) is 5. The zero-order valence-electron chi connectivity index (χ0n) is 24.2. The van der Waals surface area contributed by atoms with Crippen molar-refractivity contribution in [3.05, 3.63) is 152 Å². The van der Waals surface area contributed by atoms with Crippen LogP contribution in [0.2, 0.25) is 0 Å². The van der Waals surface area contributed by atoms with Crippen molar-refractivity contribution in [1.82, 2.24) is 24.3 Å². The normalized spacial score (nSPS) is 11.6. The van der Waals surface area contributed by atoms with E-state index >= 15 is 0 Å². The lowest BCUT2D eigenvalue weighted by molar-refractivity contribution is 1.19. The van der Waals surface area contributed by atoms with Crippen LogP contribution in [0.25, 0.3) is 83.5 Å². The molecular weight excluding hydrogens is 550 g/mol. The van der Waals surface area contributed by atoms with Gasteiger partial charge in [-0.3, -0.25) is 4.40 Å². The van der Waals surface area contributed by atoms with Crippen molar-refractivity contribution in [3.63, 3.8) is 0 Å². The van der Waals surface area contributed by atoms with Crippen molar-refractivity contribution in [2.24, 2.45) is 0 Å². The summed E-state index contributed by atoms with van der Waals surface area (Å²) in [5, 5.41) is 3.23. The molecule has 0 aliphatic carbocycles. The summed E-state index contributed by atoms with van der Waals surface area (Å²) >= 11 is 0. The lowest BCUT2D eigenvalue weighted by Crippen LogP contribution is -1.95. The minimum Gasteiger partial charge on any atom is -0.284 e. The molecule has 5 aromatic carbocycles. The van der Waals surface area contributed by atoms with Gasteiger partial charge in [0, 0.05) is 39.0 Å². The first-order valence-corrected chi connectivity index (χ1v) is 15.0. The molecule has 45 heavy (non-hydrogen) atoms. The van der Waals surface area contributed by atoms with E-state index in [1.807, 2.05) is 54.7 Å². The molecule has 0 aliphatic heterocycles. The number of pyridine rings is 2. The van der Waals surface area contributed by atoms with Crippen molar-refractivity contribution >= 4 is 38.5 Å². The number of imidazole rings is 1. The van der Waals surface area contributed by atoms with Crippen molar-refractivity contribution in [2.75, 3.05) is 0 Å². The number of fused-ring (bicyclic) bond motifs is 6. The molecule has 0 saturated carbocycles. The second-order valence-corrected chi connectivity index (χ2v) is 11.2. The first-order valence-electron chi connectivity index (χ1n) is 15.0. The van der Waals surface area contributed by atoms with Gasteiger partial charge in [-0.05, 0) is 35.4 Å². The van der Waals surface area contributed by atoms with Gasteiger partial charge in [0.15, 0.2) is 11.5 Å². The quantitative estimate of drug-likeness (QED) is 0.210. The third-order valence-corrected chi connectivity index (χ3v) is 8.42. The smallest absolute Gasteiger partial charge is 0.165 e. The van der Waals surface area contributed by atoms with E-state index in [2.05, 4.69) is 101 Å². The molecule has 4 heterocycles. The second kappa shape index (κ2) is 10.2. The Morgan fingerprint density at radius 1 is 0.400 bits per heavy atom. The number of benzene rings is 5. The van der Waals surface area contributed by atoms with Crippen molar-refractivity contribution in [1.29, 1.82) is 0 Å². The molecule has 0 fully saturated rings. The number of para-hydroxylation sites is 1. The molecular formula is C40H25N5. The van der Waals surface area contributed by atoms with Crippen LogP contribution < -0.4 is 0 Å². The van der Waals surface area contributed by atoms with Crippen molar-refractivity contribution < 1.29 is 0 Å². The third kappa shape index (κ3) is 4.25. The summed E-state index contributed by atoms with van der Waals surface area (Å²) in [5.41, 5.74) is 10.8. The van der Waals surface area contributed by atoms with E-state index in [-0.39, 0.29) is 0 Å². The number of aromatic nitrogens is 5. The standard InChI is InChI=1S/C40H25N5/c1-2-11-27(12-3-1)37-33-17-6-7-18-34(33)41-39(43-37)30-14-10-13-29(25-30)26-20-22-28(23-21-26)36-31-15-4-5-16-32(31)38-40(44-36)45-24-9-8-19-35(45)42-38/h1-25H. The van der Waals surface area contributed by atoms with Gasteiger partial charge in [0.2, 0.25) is 0 Å². The minimum atomic E-state index is 0.711. The SMILES string of the molecule is c1ccc(-c2nc(-c3cccc(-c4ccc(-c5nc6c(nc7ccccn76)c6ccccc56)cc4)c3)nc3ccccc23)cc1. The van der Waals surface area contributed by atoms with Gasteiger partial charge in [-0.25, -0.2) is 19.9 Å². The number of hydrogen-bond donors (Lipinski definition) is 0. The fourth-order valence-corrected chi connectivity index (χ4v) is 6.23. The van der Waals surface area contributed by atoms with Gasteiger partial charge in [-0.15, -0.1) is 0 Å². The Morgan fingerprint density at radius 2 is 1.04 bits per heavy atom. The predicted molar refractivity (Wildman–Crippen MR) is 183 cm³/mol. The second-order valence-electron chi connectivity index (χ2n) is 11.2. The first kappa shape index (κ1) is 25.3. The molecule has 0 spiro atoms. The van der Waals surface area contributed by atoms with Crippen LogP contribution in [0, 0.1) is 0 Å². The summed E-state index contributed by atoms with van der Waals surface area (Å²) in [6.45, 7) is 0. The first-order chi connectivity index (χ1) is 22.3. The molecule has 0 unspecified atom stereocenters. The average molecular weight is 576 g/mol. The predicted octanol–water partition coefficient (Wildman–Crippen LogP) is 9.65. The Hall–Kier alpha value is -6.20. The van der Waals surface area contributed by atoms with Crippen molar-refractivity contribution in [2.45, 2.75) is 0 Å². The molecule has 0 aliphatic rings. The molecule has 9 rings (SSSR count). The zero-order valence-corrected chi connectivity index (χ0v) is 24.2. The number of rotatable bonds is 4. The Kier molecular flexibility index (Phi) is 5.74. The highest BCUT2D eigenvalue weighted by Gasteiger charge is 2.16. The van der Waals surface area contributed by atoms with Crippen LogP contribution in [0.3, 0.4) is 0 Å². The zero-order chi connectivity index (χ0) is 29.7. The van der Waals surface area contributed by atoms with Crippen LogP contribution in [0.15, 0.2) is 152 Å². The Morgan fingerprint density at radius 3 is 1.91 bits per heavy atom. The molecule has 5 nitrogen and oxygen atoms in total. The molecule has 0 atom stereocenters. The van der Waals surface area contributed by atoms with Gasteiger partial charge in [0.05, 0.1) is 16.9 Å². The molecule has 0 N–H and O–H groups in total. The van der Waals surface area contributed by atoms with Crippen LogP contribution in [0.5, 0.6) is 0 Å². The lowest BCUT2D eigenvalue weighted by atomic mass is 9.98. The maximum absolute atomic E-state index is 5.16. The van der Waals surface area contributed by atoms with Crippen molar-refractivity contribution in [3.8, 4) is 45.0 Å². The van der Waals surface area contributed by atoms with Gasteiger partial charge >= 0.3 is 0 Å². The van der Waals surface area contributed by atoms with Crippen LogP contribution in [0.1, 0.15) is 0 Å². The summed E-state index contributed by atoms with van der Waals surface area (Å²) < 4.78 is 2.06. The maximum Gasteiger partial charge on any atom is 0.165 e. The summed E-state index contributed by atoms with van der Waals surface area (Å²) in [6, 6.07) is 50.1. The van der Waals surface area contributed by atoms with Crippen LogP contribution in [-0.2, 0) is 0 Å². The van der Waals surface area contributed by atoms with E-state index in [1.54, 1.807) is 0 Å². The van der Waals surface area contributed by atoms with E-state index in [4.69, 9.17) is 19.9 Å². The van der Waals surface area contributed by atoms with Gasteiger partial charge in [-0.2, -0.15) is 0 Å². The molecule has 4 aromatic heterocycles.